The quantitative estimate of drug-likeness (QED) is 0.907. The second kappa shape index (κ2) is 5.88. The molecular formula is C15H24FN3. The van der Waals surface area contributed by atoms with E-state index in [4.69, 9.17) is 5.73 Å². The van der Waals surface area contributed by atoms with Crippen LogP contribution in [0.5, 0.6) is 0 Å². The van der Waals surface area contributed by atoms with Gasteiger partial charge >= 0.3 is 0 Å². The standard InChI is InChI=1S/C15H24FN3/c1-11(17)12-6-7-15(14(16)9-12)19(3)10-13-5-4-8-18(13)2/h6-7,9,11,13H,4-5,8,10,17H2,1-3H3/t11-,13?/m1/s1. The lowest BCUT2D eigenvalue weighted by Gasteiger charge is -2.27. The zero-order chi connectivity index (χ0) is 14.0. The van der Waals surface area contributed by atoms with E-state index in [0.29, 0.717) is 11.7 Å². The lowest BCUT2D eigenvalue weighted by molar-refractivity contribution is 0.314. The van der Waals surface area contributed by atoms with Crippen LogP contribution in [0.2, 0.25) is 0 Å². The molecule has 2 N–H and O–H groups in total. The molecule has 0 amide bonds. The van der Waals surface area contributed by atoms with Crippen LogP contribution in [0.3, 0.4) is 0 Å². The molecular weight excluding hydrogens is 241 g/mol. The summed E-state index contributed by atoms with van der Waals surface area (Å²) in [6.07, 6.45) is 2.43. The van der Waals surface area contributed by atoms with Crippen LogP contribution in [-0.4, -0.2) is 38.1 Å². The number of rotatable bonds is 4. The van der Waals surface area contributed by atoms with Gasteiger partial charge in [0.2, 0.25) is 0 Å². The maximum Gasteiger partial charge on any atom is 0.146 e. The van der Waals surface area contributed by atoms with E-state index < -0.39 is 0 Å². The van der Waals surface area contributed by atoms with Crippen molar-refractivity contribution in [2.45, 2.75) is 31.8 Å². The van der Waals surface area contributed by atoms with Crippen LogP contribution in [0.1, 0.15) is 31.4 Å². The number of nitrogens with two attached hydrogens (primary N) is 1. The molecule has 1 unspecified atom stereocenters. The number of hydrogen-bond acceptors (Lipinski definition) is 3. The van der Waals surface area contributed by atoms with Crippen LogP contribution >= 0.6 is 0 Å². The first-order valence-corrected chi connectivity index (χ1v) is 6.95. The van der Waals surface area contributed by atoms with E-state index in [2.05, 4.69) is 11.9 Å². The van der Waals surface area contributed by atoms with Gasteiger partial charge in [-0.25, -0.2) is 4.39 Å². The molecule has 1 fully saturated rings. The van der Waals surface area contributed by atoms with Gasteiger partial charge in [0, 0.05) is 25.7 Å². The van der Waals surface area contributed by atoms with Crippen molar-refractivity contribution >= 4 is 5.69 Å². The molecule has 0 aromatic heterocycles. The van der Waals surface area contributed by atoms with Gasteiger partial charge in [0.15, 0.2) is 0 Å². The average Bonchev–Trinajstić information content (AvgIpc) is 2.74. The molecule has 0 aliphatic carbocycles. The van der Waals surface area contributed by atoms with E-state index in [1.807, 2.05) is 31.0 Å². The highest BCUT2D eigenvalue weighted by Gasteiger charge is 2.23. The lowest BCUT2D eigenvalue weighted by atomic mass is 10.1. The molecule has 1 aliphatic rings. The van der Waals surface area contributed by atoms with Gasteiger partial charge in [-0.3, -0.25) is 0 Å². The minimum Gasteiger partial charge on any atom is -0.371 e. The fourth-order valence-corrected chi connectivity index (χ4v) is 2.74. The summed E-state index contributed by atoms with van der Waals surface area (Å²) in [7, 11) is 4.09. The Labute approximate surface area is 115 Å². The van der Waals surface area contributed by atoms with E-state index in [0.717, 1.165) is 18.7 Å². The predicted molar refractivity (Wildman–Crippen MR) is 77.9 cm³/mol. The molecule has 19 heavy (non-hydrogen) atoms. The van der Waals surface area contributed by atoms with Gasteiger partial charge in [0.1, 0.15) is 5.82 Å². The third kappa shape index (κ3) is 3.25. The molecule has 1 heterocycles. The highest BCUT2D eigenvalue weighted by atomic mass is 19.1. The van der Waals surface area contributed by atoms with Crippen molar-refractivity contribution in [2.24, 2.45) is 5.73 Å². The molecule has 0 spiro atoms. The molecule has 1 aliphatic heterocycles. The zero-order valence-electron chi connectivity index (χ0n) is 12.1. The van der Waals surface area contributed by atoms with Gasteiger partial charge < -0.3 is 15.5 Å². The molecule has 0 radical (unpaired) electrons. The zero-order valence-corrected chi connectivity index (χ0v) is 12.1. The largest absolute Gasteiger partial charge is 0.371 e. The summed E-state index contributed by atoms with van der Waals surface area (Å²) in [5.41, 5.74) is 7.27. The fraction of sp³-hybridized carbons (Fsp3) is 0.600. The number of hydrogen-bond donors (Lipinski definition) is 1. The van der Waals surface area contributed by atoms with Crippen LogP contribution in [-0.2, 0) is 0 Å². The monoisotopic (exact) mass is 265 g/mol. The lowest BCUT2D eigenvalue weighted by Crippen LogP contribution is -2.37. The molecule has 2 rings (SSSR count). The Kier molecular flexibility index (Phi) is 4.42. The number of nitrogens with zero attached hydrogens (tertiary/aromatic N) is 2. The van der Waals surface area contributed by atoms with Crippen LogP contribution in [0.4, 0.5) is 10.1 Å². The second-order valence-corrected chi connectivity index (χ2v) is 5.66. The van der Waals surface area contributed by atoms with E-state index in [1.54, 1.807) is 6.07 Å². The van der Waals surface area contributed by atoms with Crippen LogP contribution < -0.4 is 10.6 Å². The van der Waals surface area contributed by atoms with Gasteiger partial charge in [-0.15, -0.1) is 0 Å². The number of benzene rings is 1. The molecule has 4 heteroatoms. The summed E-state index contributed by atoms with van der Waals surface area (Å²) >= 11 is 0. The van der Waals surface area contributed by atoms with Gasteiger partial charge in [-0.1, -0.05) is 6.07 Å². The van der Waals surface area contributed by atoms with Crippen LogP contribution in [0.15, 0.2) is 18.2 Å². The summed E-state index contributed by atoms with van der Waals surface area (Å²) in [6, 6.07) is 5.70. The van der Waals surface area contributed by atoms with Crippen molar-refractivity contribution in [1.29, 1.82) is 0 Å². The molecule has 1 aromatic carbocycles. The first-order valence-electron chi connectivity index (χ1n) is 6.95. The van der Waals surface area contributed by atoms with Gasteiger partial charge in [-0.2, -0.15) is 0 Å². The Bertz CT molecular complexity index is 433. The van der Waals surface area contributed by atoms with Crippen molar-refractivity contribution in [3.8, 4) is 0 Å². The molecule has 2 atom stereocenters. The Morgan fingerprint density at radius 1 is 1.53 bits per heavy atom. The van der Waals surface area contributed by atoms with Crippen LogP contribution in [0.25, 0.3) is 0 Å². The first-order chi connectivity index (χ1) is 8.99. The maximum atomic E-state index is 14.1. The molecule has 3 nitrogen and oxygen atoms in total. The molecule has 106 valence electrons. The molecule has 0 saturated carbocycles. The Balaban J connectivity index is 2.08. The maximum absolute atomic E-state index is 14.1. The first kappa shape index (κ1) is 14.3. The number of anilines is 1. The Morgan fingerprint density at radius 2 is 2.26 bits per heavy atom. The Hall–Kier alpha value is -1.13. The molecule has 1 aromatic rings. The highest BCUT2D eigenvalue weighted by Crippen LogP contribution is 2.24. The second-order valence-electron chi connectivity index (χ2n) is 5.66. The number of likely N-dealkylation sites (tertiary alicyclic amines) is 1. The normalized spacial score (nSPS) is 21.6. The van der Waals surface area contributed by atoms with Crippen molar-refractivity contribution in [1.82, 2.24) is 4.90 Å². The van der Waals surface area contributed by atoms with Gasteiger partial charge in [0.25, 0.3) is 0 Å². The summed E-state index contributed by atoms with van der Waals surface area (Å²) in [4.78, 5) is 4.36. The topological polar surface area (TPSA) is 32.5 Å². The SMILES string of the molecule is C[C@@H](N)c1ccc(N(C)CC2CCCN2C)c(F)c1. The van der Waals surface area contributed by atoms with Crippen molar-refractivity contribution < 1.29 is 4.39 Å². The van der Waals surface area contributed by atoms with Crippen molar-refractivity contribution in [3.05, 3.63) is 29.6 Å². The van der Waals surface area contributed by atoms with E-state index >= 15 is 0 Å². The Morgan fingerprint density at radius 3 is 2.79 bits per heavy atom. The fourth-order valence-electron chi connectivity index (χ4n) is 2.74. The van der Waals surface area contributed by atoms with Crippen LogP contribution in [0, 0.1) is 5.82 Å². The minimum atomic E-state index is -0.182. The van der Waals surface area contributed by atoms with Crippen molar-refractivity contribution in [3.63, 3.8) is 0 Å². The third-order valence-corrected chi connectivity index (χ3v) is 4.06. The summed E-state index contributed by atoms with van der Waals surface area (Å²) < 4.78 is 14.1. The highest BCUT2D eigenvalue weighted by molar-refractivity contribution is 5.49. The molecule has 0 bridgehead atoms. The van der Waals surface area contributed by atoms with Gasteiger partial charge in [0.05, 0.1) is 5.69 Å². The third-order valence-electron chi connectivity index (χ3n) is 4.06. The summed E-state index contributed by atoms with van der Waals surface area (Å²) in [5, 5.41) is 0. The van der Waals surface area contributed by atoms with Crippen molar-refractivity contribution in [2.75, 3.05) is 32.1 Å². The van der Waals surface area contributed by atoms with E-state index in [9.17, 15) is 4.39 Å². The van der Waals surface area contributed by atoms with Gasteiger partial charge in [-0.05, 0) is 51.1 Å². The summed E-state index contributed by atoms with van der Waals surface area (Å²) in [5.74, 6) is -0.182. The summed E-state index contributed by atoms with van der Waals surface area (Å²) in [6.45, 7) is 3.88. The average molecular weight is 265 g/mol. The van der Waals surface area contributed by atoms with E-state index in [-0.39, 0.29) is 11.9 Å². The number of likely N-dealkylation sites (N-methyl/N-ethyl adjacent to an activating group) is 2. The van der Waals surface area contributed by atoms with E-state index in [1.165, 1.54) is 12.8 Å². The number of halogens is 1. The molecule has 1 saturated heterocycles. The predicted octanol–water partition coefficient (Wildman–Crippen LogP) is 2.38. The minimum absolute atomic E-state index is 0.130. The smallest absolute Gasteiger partial charge is 0.146 e.